The van der Waals surface area contributed by atoms with E-state index in [0.29, 0.717) is 5.78 Å². The number of ketones is 1. The second kappa shape index (κ2) is 6.69. The fourth-order valence-electron chi connectivity index (χ4n) is 2.69. The molecule has 0 amide bonds. The van der Waals surface area contributed by atoms with Gasteiger partial charge in [0.2, 0.25) is 0 Å². The van der Waals surface area contributed by atoms with E-state index in [1.165, 1.54) is 32.4 Å². The van der Waals surface area contributed by atoms with E-state index in [9.17, 15) is 4.79 Å². The zero-order valence-corrected chi connectivity index (χ0v) is 11.3. The maximum Gasteiger partial charge on any atom is 0.167 e. The molecular weight excluding hydrogens is 222 g/mol. The van der Waals surface area contributed by atoms with Crippen LogP contribution in [0.25, 0.3) is 0 Å². The maximum absolute atomic E-state index is 12.4. The predicted octanol–water partition coefficient (Wildman–Crippen LogP) is 3.38. The molecule has 2 nitrogen and oxygen atoms in total. The van der Waals surface area contributed by atoms with Crippen molar-refractivity contribution in [3.8, 4) is 0 Å². The van der Waals surface area contributed by atoms with E-state index in [2.05, 4.69) is 11.8 Å². The third-order valence-corrected chi connectivity index (χ3v) is 3.85. The first kappa shape index (κ1) is 13.3. The molecule has 18 heavy (non-hydrogen) atoms. The topological polar surface area (TPSA) is 20.3 Å². The van der Waals surface area contributed by atoms with Crippen LogP contribution in [0.15, 0.2) is 30.3 Å². The Balaban J connectivity index is 1.97. The highest BCUT2D eigenvalue weighted by molar-refractivity contribution is 5.97. The number of Topliss-reactive ketones (excluding diaryl/α,β-unsaturated/α-hetero) is 1. The molecule has 2 rings (SSSR count). The molecule has 1 aliphatic rings. The monoisotopic (exact) mass is 245 g/mol. The lowest BCUT2D eigenvalue weighted by Crippen LogP contribution is -2.36. The quantitative estimate of drug-likeness (QED) is 0.741. The first-order valence-corrected chi connectivity index (χ1v) is 7.13. The van der Waals surface area contributed by atoms with Gasteiger partial charge in [0.1, 0.15) is 0 Å². The number of benzene rings is 1. The number of hydrogen-bond donors (Lipinski definition) is 0. The zero-order valence-electron chi connectivity index (χ0n) is 11.3. The molecule has 1 fully saturated rings. The van der Waals surface area contributed by atoms with Crippen molar-refractivity contribution in [2.24, 2.45) is 5.92 Å². The number of hydrogen-bond acceptors (Lipinski definition) is 2. The SMILES string of the molecule is CCC(CN1CCCCC1)C(=O)c1ccccc1. The van der Waals surface area contributed by atoms with Crippen LogP contribution in [-0.4, -0.2) is 30.3 Å². The van der Waals surface area contributed by atoms with Gasteiger partial charge in [-0.25, -0.2) is 0 Å². The van der Waals surface area contributed by atoms with E-state index in [4.69, 9.17) is 0 Å². The van der Waals surface area contributed by atoms with Gasteiger partial charge in [0, 0.05) is 18.0 Å². The summed E-state index contributed by atoms with van der Waals surface area (Å²) in [6.45, 7) is 5.39. The van der Waals surface area contributed by atoms with Crippen LogP contribution in [0.4, 0.5) is 0 Å². The number of nitrogens with zero attached hydrogens (tertiary/aromatic N) is 1. The summed E-state index contributed by atoms with van der Waals surface area (Å²) in [5, 5.41) is 0. The van der Waals surface area contributed by atoms with Crippen molar-refractivity contribution in [1.82, 2.24) is 4.90 Å². The van der Waals surface area contributed by atoms with Gasteiger partial charge in [-0.05, 0) is 32.4 Å². The molecule has 1 aliphatic heterocycles. The van der Waals surface area contributed by atoms with Crippen LogP contribution in [0.1, 0.15) is 43.0 Å². The number of carbonyl (C=O) groups is 1. The smallest absolute Gasteiger partial charge is 0.167 e. The highest BCUT2D eigenvalue weighted by Gasteiger charge is 2.22. The first-order valence-electron chi connectivity index (χ1n) is 7.13. The highest BCUT2D eigenvalue weighted by Crippen LogP contribution is 2.17. The van der Waals surface area contributed by atoms with Gasteiger partial charge in [-0.15, -0.1) is 0 Å². The molecule has 1 saturated heterocycles. The fraction of sp³-hybridized carbons (Fsp3) is 0.562. The first-order chi connectivity index (χ1) is 8.81. The number of likely N-dealkylation sites (tertiary alicyclic amines) is 1. The second-order valence-electron chi connectivity index (χ2n) is 5.20. The summed E-state index contributed by atoms with van der Waals surface area (Å²) in [4.78, 5) is 14.9. The lowest BCUT2D eigenvalue weighted by Gasteiger charge is -2.29. The van der Waals surface area contributed by atoms with Gasteiger partial charge in [0.05, 0.1) is 0 Å². The van der Waals surface area contributed by atoms with Gasteiger partial charge < -0.3 is 4.90 Å². The Labute approximate surface area is 110 Å². The predicted molar refractivity (Wildman–Crippen MR) is 74.8 cm³/mol. The van der Waals surface area contributed by atoms with Crippen molar-refractivity contribution in [3.63, 3.8) is 0 Å². The minimum absolute atomic E-state index is 0.158. The van der Waals surface area contributed by atoms with E-state index in [-0.39, 0.29) is 5.92 Å². The highest BCUT2D eigenvalue weighted by atomic mass is 16.1. The molecule has 0 aliphatic carbocycles. The molecule has 98 valence electrons. The third kappa shape index (κ3) is 3.42. The molecule has 2 heteroatoms. The van der Waals surface area contributed by atoms with Gasteiger partial charge in [-0.3, -0.25) is 4.79 Å². The van der Waals surface area contributed by atoms with Crippen molar-refractivity contribution >= 4 is 5.78 Å². The van der Waals surface area contributed by atoms with Gasteiger partial charge in [0.15, 0.2) is 5.78 Å². The number of carbonyl (C=O) groups excluding carboxylic acids is 1. The summed E-state index contributed by atoms with van der Waals surface area (Å²) in [7, 11) is 0. The maximum atomic E-state index is 12.4. The molecule has 0 aromatic heterocycles. The molecular formula is C16H23NO. The summed E-state index contributed by atoms with van der Waals surface area (Å²) in [6.07, 6.45) is 4.86. The third-order valence-electron chi connectivity index (χ3n) is 3.85. The Morgan fingerprint density at radius 1 is 1.17 bits per heavy atom. The minimum Gasteiger partial charge on any atom is -0.303 e. The summed E-state index contributed by atoms with van der Waals surface area (Å²) in [5.74, 6) is 0.467. The number of piperidine rings is 1. The Morgan fingerprint density at radius 3 is 2.44 bits per heavy atom. The van der Waals surface area contributed by atoms with Crippen LogP contribution < -0.4 is 0 Å². The summed E-state index contributed by atoms with van der Waals surface area (Å²) < 4.78 is 0. The second-order valence-corrected chi connectivity index (χ2v) is 5.20. The average Bonchev–Trinajstić information content (AvgIpc) is 2.46. The molecule has 1 aromatic rings. The van der Waals surface area contributed by atoms with E-state index in [0.717, 1.165) is 18.5 Å². The van der Waals surface area contributed by atoms with Crippen molar-refractivity contribution in [2.75, 3.05) is 19.6 Å². The summed E-state index contributed by atoms with van der Waals surface area (Å²) >= 11 is 0. The van der Waals surface area contributed by atoms with Crippen molar-refractivity contribution in [2.45, 2.75) is 32.6 Å². The standard InChI is InChI=1S/C16H23NO/c1-2-14(13-17-11-7-4-8-12-17)16(18)15-9-5-3-6-10-15/h3,5-6,9-10,14H,2,4,7-8,11-13H2,1H3. The van der Waals surface area contributed by atoms with Crippen LogP contribution in [0.2, 0.25) is 0 Å². The van der Waals surface area contributed by atoms with Gasteiger partial charge in [-0.2, -0.15) is 0 Å². The number of rotatable bonds is 5. The Morgan fingerprint density at radius 2 is 1.83 bits per heavy atom. The normalized spacial score (nSPS) is 18.5. The zero-order chi connectivity index (χ0) is 12.8. The lowest BCUT2D eigenvalue weighted by molar-refractivity contribution is 0.0864. The van der Waals surface area contributed by atoms with E-state index >= 15 is 0 Å². The summed E-state index contributed by atoms with van der Waals surface area (Å²) in [6, 6.07) is 9.71. The minimum atomic E-state index is 0.158. The van der Waals surface area contributed by atoms with Crippen LogP contribution in [0, 0.1) is 5.92 Å². The fourth-order valence-corrected chi connectivity index (χ4v) is 2.69. The molecule has 0 bridgehead atoms. The molecule has 1 aromatic carbocycles. The Kier molecular flexibility index (Phi) is 4.94. The van der Waals surface area contributed by atoms with Gasteiger partial charge in [-0.1, -0.05) is 43.7 Å². The van der Waals surface area contributed by atoms with Gasteiger partial charge >= 0.3 is 0 Å². The van der Waals surface area contributed by atoms with Crippen molar-refractivity contribution < 1.29 is 4.79 Å². The van der Waals surface area contributed by atoms with Gasteiger partial charge in [0.25, 0.3) is 0 Å². The molecule has 0 N–H and O–H groups in total. The molecule has 1 heterocycles. The van der Waals surface area contributed by atoms with Crippen LogP contribution >= 0.6 is 0 Å². The van der Waals surface area contributed by atoms with Crippen LogP contribution in [-0.2, 0) is 0 Å². The molecule has 0 radical (unpaired) electrons. The van der Waals surface area contributed by atoms with Crippen molar-refractivity contribution in [3.05, 3.63) is 35.9 Å². The molecule has 1 unspecified atom stereocenters. The molecule has 1 atom stereocenters. The van der Waals surface area contributed by atoms with Crippen LogP contribution in [0.3, 0.4) is 0 Å². The average molecular weight is 245 g/mol. The van der Waals surface area contributed by atoms with Crippen LogP contribution in [0.5, 0.6) is 0 Å². The largest absolute Gasteiger partial charge is 0.303 e. The van der Waals surface area contributed by atoms with E-state index < -0.39 is 0 Å². The Bertz CT molecular complexity index is 368. The van der Waals surface area contributed by atoms with E-state index in [1.54, 1.807) is 0 Å². The lowest BCUT2D eigenvalue weighted by atomic mass is 9.94. The molecule has 0 saturated carbocycles. The molecule has 0 spiro atoms. The van der Waals surface area contributed by atoms with E-state index in [1.807, 2.05) is 30.3 Å². The van der Waals surface area contributed by atoms with Crippen molar-refractivity contribution in [1.29, 1.82) is 0 Å². The summed E-state index contributed by atoms with van der Waals surface area (Å²) in [5.41, 5.74) is 0.862. The Hall–Kier alpha value is -1.15.